The molecule has 0 saturated carbocycles. The Balaban J connectivity index is 5.15. The highest BCUT2D eigenvalue weighted by Gasteiger charge is 2.55. The number of methoxy groups -OCH3 is 1. The molecule has 0 amide bonds. The summed E-state index contributed by atoms with van der Waals surface area (Å²) < 4.78 is 80.4. The Morgan fingerprint density at radius 1 is 1.39 bits per heavy atom. The lowest BCUT2D eigenvalue weighted by atomic mass is 10.7. The van der Waals surface area contributed by atoms with Gasteiger partial charge in [0.05, 0.1) is 13.7 Å². The molecule has 2 unspecified atom stereocenters. The van der Waals surface area contributed by atoms with Crippen molar-refractivity contribution in [1.82, 2.24) is 0 Å². The van der Waals surface area contributed by atoms with E-state index in [1.807, 2.05) is 0 Å². The van der Waals surface area contributed by atoms with Crippen LogP contribution in [0.2, 0.25) is 0 Å². The molecule has 0 spiro atoms. The van der Waals surface area contributed by atoms with E-state index in [2.05, 4.69) is 13.4 Å². The second-order valence-electron chi connectivity index (χ2n) is 2.57. The van der Waals surface area contributed by atoms with E-state index in [4.69, 9.17) is 0 Å². The predicted octanol–water partition coefficient (Wildman–Crippen LogP) is 1.13. The van der Waals surface area contributed by atoms with Gasteiger partial charge in [-0.15, -0.1) is 4.52 Å². The lowest BCUT2D eigenvalue weighted by Crippen LogP contribution is -2.33. The van der Waals surface area contributed by atoms with Gasteiger partial charge in [-0.3, -0.25) is 0 Å². The summed E-state index contributed by atoms with van der Waals surface area (Å²) in [5.41, 5.74) is -5.75. The van der Waals surface area contributed by atoms with Crippen molar-refractivity contribution in [3.05, 3.63) is 0 Å². The fourth-order valence-corrected chi connectivity index (χ4v) is 2.35. The van der Waals surface area contributed by atoms with Crippen LogP contribution in [0.25, 0.3) is 0 Å². The van der Waals surface area contributed by atoms with Gasteiger partial charge in [-0.05, 0) is 11.5 Å². The van der Waals surface area contributed by atoms with Crippen molar-refractivity contribution < 1.29 is 44.4 Å². The van der Waals surface area contributed by atoms with E-state index in [1.165, 1.54) is 6.92 Å². The Bertz CT molecular complexity index is 417. The van der Waals surface area contributed by atoms with Gasteiger partial charge < -0.3 is 4.74 Å². The summed E-state index contributed by atoms with van der Waals surface area (Å²) in [6, 6.07) is 0. The van der Waals surface area contributed by atoms with E-state index in [9.17, 15) is 30.9 Å². The van der Waals surface area contributed by atoms with Crippen LogP contribution in [-0.4, -0.2) is 39.5 Å². The maximum Gasteiger partial charge on any atom is 0.554 e. The number of esters is 1. The van der Waals surface area contributed by atoms with Crippen molar-refractivity contribution in [2.45, 2.75) is 18.3 Å². The first kappa shape index (κ1) is 17.2. The van der Waals surface area contributed by atoms with E-state index < -0.39 is 35.5 Å². The SMILES string of the molecule is CCO[P+](=O)C(OS(=O)(=O)C(F)(F)F)C(=O)OC. The van der Waals surface area contributed by atoms with E-state index in [0.717, 1.165) is 7.11 Å². The van der Waals surface area contributed by atoms with Gasteiger partial charge in [0, 0.05) is 0 Å². The van der Waals surface area contributed by atoms with Crippen molar-refractivity contribution in [1.29, 1.82) is 0 Å². The Hall–Kier alpha value is -0.770. The van der Waals surface area contributed by atoms with Crippen molar-refractivity contribution in [3.63, 3.8) is 0 Å². The number of halogens is 3. The van der Waals surface area contributed by atoms with E-state index >= 15 is 0 Å². The maximum absolute atomic E-state index is 12.0. The van der Waals surface area contributed by atoms with Crippen LogP contribution in [0, 0.1) is 0 Å². The molecule has 0 N–H and O–H groups in total. The van der Waals surface area contributed by atoms with Gasteiger partial charge in [-0.2, -0.15) is 25.8 Å². The van der Waals surface area contributed by atoms with Crippen molar-refractivity contribution in [3.8, 4) is 0 Å². The fourth-order valence-electron chi connectivity index (χ4n) is 0.631. The van der Waals surface area contributed by atoms with E-state index in [0.29, 0.717) is 0 Å². The van der Waals surface area contributed by atoms with Crippen molar-refractivity contribution >= 4 is 24.1 Å². The number of ether oxygens (including phenoxy) is 1. The quantitative estimate of drug-likeness (QED) is 0.314. The van der Waals surface area contributed by atoms with Gasteiger partial charge in [-0.1, -0.05) is 0 Å². The lowest BCUT2D eigenvalue weighted by Gasteiger charge is -2.09. The third kappa shape index (κ3) is 4.48. The molecule has 0 heterocycles. The molecule has 0 fully saturated rings. The highest BCUT2D eigenvalue weighted by atomic mass is 32.2. The smallest absolute Gasteiger partial charge is 0.464 e. The zero-order valence-electron chi connectivity index (χ0n) is 9.13. The average Bonchev–Trinajstić information content (AvgIpc) is 2.23. The summed E-state index contributed by atoms with van der Waals surface area (Å²) in [4.78, 5) is 11.0. The molecule has 0 aromatic heterocycles. The highest BCUT2D eigenvalue weighted by Crippen LogP contribution is 2.35. The average molecular weight is 313 g/mol. The predicted molar refractivity (Wildman–Crippen MR) is 51.1 cm³/mol. The van der Waals surface area contributed by atoms with Crippen LogP contribution in [0.15, 0.2) is 0 Å². The second kappa shape index (κ2) is 6.41. The first-order valence-corrected chi connectivity index (χ1v) is 6.89. The molecule has 18 heavy (non-hydrogen) atoms. The minimum absolute atomic E-state index is 0.224. The monoisotopic (exact) mass is 313 g/mol. The topological polar surface area (TPSA) is 96.0 Å². The van der Waals surface area contributed by atoms with Crippen molar-refractivity contribution in [2.24, 2.45) is 0 Å². The summed E-state index contributed by atoms with van der Waals surface area (Å²) >= 11 is 0. The molecule has 7 nitrogen and oxygen atoms in total. The molecule has 0 aromatic rings. The van der Waals surface area contributed by atoms with Crippen LogP contribution in [-0.2, 0) is 32.9 Å². The van der Waals surface area contributed by atoms with Gasteiger partial charge >= 0.3 is 35.5 Å². The maximum atomic E-state index is 12.0. The van der Waals surface area contributed by atoms with Crippen LogP contribution < -0.4 is 0 Å². The molecule has 0 aliphatic heterocycles. The highest BCUT2D eigenvalue weighted by molar-refractivity contribution is 7.87. The number of rotatable bonds is 6. The number of carbonyl (C=O) groups is 1. The second-order valence-corrected chi connectivity index (χ2v) is 5.44. The van der Waals surface area contributed by atoms with E-state index in [-0.39, 0.29) is 6.61 Å². The molecule has 0 aliphatic carbocycles. The molecule has 0 aliphatic rings. The van der Waals surface area contributed by atoms with Crippen LogP contribution >= 0.6 is 8.03 Å². The zero-order valence-corrected chi connectivity index (χ0v) is 10.8. The van der Waals surface area contributed by atoms with E-state index in [1.54, 1.807) is 0 Å². The zero-order chi connectivity index (χ0) is 14.6. The summed E-state index contributed by atoms with van der Waals surface area (Å²) in [7, 11) is -8.45. The minimum atomic E-state index is -6.08. The Morgan fingerprint density at radius 3 is 2.22 bits per heavy atom. The first-order valence-electron chi connectivity index (χ1n) is 4.23. The molecule has 0 radical (unpaired) electrons. The normalized spacial score (nSPS) is 15.1. The molecule has 2 atom stereocenters. The van der Waals surface area contributed by atoms with Gasteiger partial charge in [0.1, 0.15) is 0 Å². The third-order valence-electron chi connectivity index (χ3n) is 1.35. The molecular weight excluding hydrogens is 304 g/mol. The first-order chi connectivity index (χ1) is 8.06. The number of hydrogen-bond acceptors (Lipinski definition) is 7. The number of hydrogen-bond donors (Lipinski definition) is 0. The molecule has 0 bridgehead atoms. The lowest BCUT2D eigenvalue weighted by molar-refractivity contribution is -0.145. The van der Waals surface area contributed by atoms with Gasteiger partial charge in [0.25, 0.3) is 0 Å². The summed E-state index contributed by atoms with van der Waals surface area (Å²) in [5.74, 6) is -4.06. The largest absolute Gasteiger partial charge is 0.554 e. The van der Waals surface area contributed by atoms with Gasteiger partial charge in [0.15, 0.2) is 0 Å². The molecule has 0 rings (SSSR count). The van der Waals surface area contributed by atoms with Crippen molar-refractivity contribution in [2.75, 3.05) is 13.7 Å². The summed E-state index contributed by atoms with van der Waals surface area (Å²) in [6.45, 7) is 1.11. The number of alkyl halides is 3. The summed E-state index contributed by atoms with van der Waals surface area (Å²) in [6.07, 6.45) is 0. The van der Waals surface area contributed by atoms with Crippen LogP contribution in [0.1, 0.15) is 6.92 Å². The third-order valence-corrected chi connectivity index (χ3v) is 3.72. The molecule has 0 aromatic carbocycles. The number of carbonyl (C=O) groups excluding carboxylic acids is 1. The standard InChI is InChI=1S/C6H9F3O7PS/c1-3-15-17(11)5(4(10)14-2)16-18(12,13)6(7,8)9/h5H,3H2,1-2H3/q+1. The Morgan fingerprint density at radius 2 is 1.89 bits per heavy atom. The fraction of sp³-hybridized carbons (Fsp3) is 0.833. The van der Waals surface area contributed by atoms with Gasteiger partial charge in [0.2, 0.25) is 0 Å². The Kier molecular flexibility index (Phi) is 6.14. The minimum Gasteiger partial charge on any atom is -0.464 e. The van der Waals surface area contributed by atoms with Crippen LogP contribution in [0.5, 0.6) is 0 Å². The molecular formula is C6H9F3O7PS+. The Labute approximate surface area is 101 Å². The summed E-state index contributed by atoms with van der Waals surface area (Å²) in [5, 5.41) is 0. The van der Waals surface area contributed by atoms with Crippen LogP contribution in [0.4, 0.5) is 13.2 Å². The van der Waals surface area contributed by atoms with Crippen LogP contribution in [0.3, 0.4) is 0 Å². The molecule has 106 valence electrons. The van der Waals surface area contributed by atoms with Gasteiger partial charge in [-0.25, -0.2) is 4.79 Å². The molecule has 12 heteroatoms. The molecule has 0 saturated heterocycles.